The van der Waals surface area contributed by atoms with Crippen molar-refractivity contribution in [1.82, 2.24) is 0 Å². The minimum absolute atomic E-state index is 0.0402. The molecule has 5 unspecified atom stereocenters. The predicted molar refractivity (Wildman–Crippen MR) is 167 cm³/mol. The van der Waals surface area contributed by atoms with Crippen molar-refractivity contribution < 1.29 is 20.3 Å². The lowest BCUT2D eigenvalue weighted by Gasteiger charge is -2.52. The number of hydrogen-bond donors (Lipinski definition) is 2. The summed E-state index contributed by atoms with van der Waals surface area (Å²) in [5, 5.41) is 19.3. The van der Waals surface area contributed by atoms with Gasteiger partial charge in [0.15, 0.2) is 0 Å². The standard InChI is InChI=1S/C36H64O4/c1-3-5-7-13-19-30-24-26-36(25-18-12-11-16-22-33(36)29-40-38)35(34(30)23-17-8-6-4-2)27-31-20-14-9-10-15-21-32(31)28-39-37/h24,26-27,30,32-35,37-38H,3-23,25,28-29H2,1-2H3/b31-27+/t30?,32?,33?,34?,35?,36-/m1/s1. The number of rotatable bonds is 15. The zero-order valence-electron chi connectivity index (χ0n) is 26.3. The number of hydrogen-bond acceptors (Lipinski definition) is 4. The fourth-order valence-corrected chi connectivity index (χ4v) is 8.65. The summed E-state index contributed by atoms with van der Waals surface area (Å²) in [7, 11) is 0. The molecule has 232 valence electrons. The molecule has 2 N–H and O–H groups in total. The molecule has 0 bridgehead atoms. The van der Waals surface area contributed by atoms with E-state index in [0.717, 1.165) is 19.3 Å². The van der Waals surface area contributed by atoms with Crippen LogP contribution in [-0.4, -0.2) is 23.7 Å². The van der Waals surface area contributed by atoms with E-state index in [-0.39, 0.29) is 5.41 Å². The van der Waals surface area contributed by atoms with Gasteiger partial charge < -0.3 is 0 Å². The van der Waals surface area contributed by atoms with Crippen molar-refractivity contribution in [2.75, 3.05) is 13.2 Å². The molecule has 0 aliphatic heterocycles. The quantitative estimate of drug-likeness (QED) is 0.0905. The Kier molecular flexibility index (Phi) is 16.5. The molecule has 2 fully saturated rings. The highest BCUT2D eigenvalue weighted by atomic mass is 17.1. The van der Waals surface area contributed by atoms with E-state index in [1.165, 1.54) is 122 Å². The Morgan fingerprint density at radius 3 is 2.17 bits per heavy atom. The van der Waals surface area contributed by atoms with Crippen LogP contribution in [0.1, 0.15) is 155 Å². The van der Waals surface area contributed by atoms with Crippen LogP contribution in [-0.2, 0) is 9.78 Å². The minimum atomic E-state index is 0.0402. The zero-order valence-corrected chi connectivity index (χ0v) is 26.3. The first kappa shape index (κ1) is 33.8. The van der Waals surface area contributed by atoms with Gasteiger partial charge in [-0.25, -0.2) is 9.78 Å². The second-order valence-corrected chi connectivity index (χ2v) is 13.7. The highest BCUT2D eigenvalue weighted by molar-refractivity contribution is 5.23. The van der Waals surface area contributed by atoms with Gasteiger partial charge in [-0.1, -0.05) is 134 Å². The Hall–Kier alpha value is -0.680. The van der Waals surface area contributed by atoms with E-state index in [4.69, 9.17) is 9.78 Å². The molecule has 0 amide bonds. The fourth-order valence-electron chi connectivity index (χ4n) is 8.65. The monoisotopic (exact) mass is 560 g/mol. The van der Waals surface area contributed by atoms with Crippen LogP contribution in [0.25, 0.3) is 0 Å². The van der Waals surface area contributed by atoms with Crippen LogP contribution in [0.2, 0.25) is 0 Å². The number of unbranched alkanes of at least 4 members (excludes halogenated alkanes) is 6. The molecule has 0 aromatic rings. The van der Waals surface area contributed by atoms with Gasteiger partial charge in [0, 0.05) is 5.92 Å². The SMILES string of the molecule is CCCCCCC1C=C[C@@]2(CCCCCCC2COO)C(/C=C2\CCCCCCC2COO)C1CCCCCC. The summed E-state index contributed by atoms with van der Waals surface area (Å²) < 4.78 is 0. The Morgan fingerprint density at radius 1 is 0.775 bits per heavy atom. The van der Waals surface area contributed by atoms with E-state index < -0.39 is 0 Å². The molecular weight excluding hydrogens is 496 g/mol. The van der Waals surface area contributed by atoms with Crippen molar-refractivity contribution in [3.63, 3.8) is 0 Å². The molecule has 4 heteroatoms. The summed E-state index contributed by atoms with van der Waals surface area (Å²) in [6.07, 6.45) is 36.0. The third kappa shape index (κ3) is 9.96. The molecule has 4 nitrogen and oxygen atoms in total. The summed E-state index contributed by atoms with van der Waals surface area (Å²) in [6.45, 7) is 5.49. The smallest absolute Gasteiger partial charge is 0.0884 e. The van der Waals surface area contributed by atoms with Crippen molar-refractivity contribution in [3.8, 4) is 0 Å². The van der Waals surface area contributed by atoms with Crippen molar-refractivity contribution in [2.45, 2.75) is 155 Å². The van der Waals surface area contributed by atoms with Crippen molar-refractivity contribution in [3.05, 3.63) is 23.8 Å². The molecule has 0 saturated heterocycles. The molecule has 6 atom stereocenters. The first-order valence-electron chi connectivity index (χ1n) is 17.6. The maximum Gasteiger partial charge on any atom is 0.0884 e. The summed E-state index contributed by atoms with van der Waals surface area (Å²) in [6, 6.07) is 0. The second-order valence-electron chi connectivity index (χ2n) is 13.7. The topological polar surface area (TPSA) is 58.9 Å². The zero-order chi connectivity index (χ0) is 28.5. The molecule has 0 aromatic carbocycles. The highest BCUT2D eigenvalue weighted by Crippen LogP contribution is 2.56. The molecule has 0 radical (unpaired) electrons. The van der Waals surface area contributed by atoms with Crippen LogP contribution in [0, 0.1) is 35.0 Å². The van der Waals surface area contributed by atoms with Gasteiger partial charge in [0.25, 0.3) is 0 Å². The van der Waals surface area contributed by atoms with E-state index >= 15 is 0 Å². The van der Waals surface area contributed by atoms with Gasteiger partial charge in [0.2, 0.25) is 0 Å². The van der Waals surface area contributed by atoms with Gasteiger partial charge >= 0.3 is 0 Å². The molecule has 40 heavy (non-hydrogen) atoms. The highest BCUT2D eigenvalue weighted by Gasteiger charge is 2.49. The van der Waals surface area contributed by atoms with E-state index in [9.17, 15) is 10.5 Å². The lowest BCUT2D eigenvalue weighted by atomic mass is 9.52. The van der Waals surface area contributed by atoms with Crippen LogP contribution in [0.15, 0.2) is 23.8 Å². The lowest BCUT2D eigenvalue weighted by molar-refractivity contribution is -0.259. The van der Waals surface area contributed by atoms with Crippen molar-refractivity contribution >= 4 is 0 Å². The molecular formula is C36H64O4. The third-order valence-corrected chi connectivity index (χ3v) is 11.0. The van der Waals surface area contributed by atoms with E-state index in [2.05, 4.69) is 32.1 Å². The van der Waals surface area contributed by atoms with Crippen LogP contribution in [0.3, 0.4) is 0 Å². The molecule has 3 aliphatic carbocycles. The van der Waals surface area contributed by atoms with Crippen LogP contribution < -0.4 is 0 Å². The average Bonchev–Trinajstić information content (AvgIpc) is 2.94. The second kappa shape index (κ2) is 19.5. The van der Waals surface area contributed by atoms with Crippen molar-refractivity contribution in [2.24, 2.45) is 35.0 Å². The van der Waals surface area contributed by atoms with E-state index in [1.54, 1.807) is 5.57 Å². The Bertz CT molecular complexity index is 718. The summed E-state index contributed by atoms with van der Waals surface area (Å²) in [5.41, 5.74) is 1.58. The molecule has 0 aromatic heterocycles. The first-order valence-corrected chi connectivity index (χ1v) is 17.6. The maximum absolute atomic E-state index is 9.78. The predicted octanol–water partition coefficient (Wildman–Crippen LogP) is 11.2. The summed E-state index contributed by atoms with van der Waals surface area (Å²) in [4.78, 5) is 9.84. The molecule has 0 heterocycles. The Labute approximate surface area is 247 Å². The van der Waals surface area contributed by atoms with Gasteiger partial charge in [-0.2, -0.15) is 0 Å². The van der Waals surface area contributed by atoms with Gasteiger partial charge in [0.05, 0.1) is 13.2 Å². The number of allylic oxidation sites excluding steroid dienone is 3. The Morgan fingerprint density at radius 2 is 1.45 bits per heavy atom. The lowest BCUT2D eigenvalue weighted by Crippen LogP contribution is -2.46. The molecule has 1 spiro atoms. The molecule has 2 saturated carbocycles. The van der Waals surface area contributed by atoms with Crippen LogP contribution in [0.4, 0.5) is 0 Å². The average molecular weight is 561 g/mol. The Balaban J connectivity index is 2.07. The molecule has 3 rings (SSSR count). The van der Waals surface area contributed by atoms with Crippen LogP contribution in [0.5, 0.6) is 0 Å². The van der Waals surface area contributed by atoms with Gasteiger partial charge in [-0.05, 0) is 74.0 Å². The summed E-state index contributed by atoms with van der Waals surface area (Å²) in [5.74, 6) is 2.39. The first-order chi connectivity index (χ1) is 19.7. The van der Waals surface area contributed by atoms with Crippen molar-refractivity contribution in [1.29, 1.82) is 0 Å². The van der Waals surface area contributed by atoms with Crippen LogP contribution >= 0.6 is 0 Å². The minimum Gasteiger partial charge on any atom is -0.252 e. The maximum atomic E-state index is 9.78. The third-order valence-electron chi connectivity index (χ3n) is 11.0. The van der Waals surface area contributed by atoms with Gasteiger partial charge in [-0.15, -0.1) is 0 Å². The fraction of sp³-hybridized carbons (Fsp3) is 0.889. The molecule has 3 aliphatic rings. The summed E-state index contributed by atoms with van der Waals surface area (Å²) >= 11 is 0. The van der Waals surface area contributed by atoms with Gasteiger partial charge in [0.1, 0.15) is 0 Å². The van der Waals surface area contributed by atoms with E-state index in [0.29, 0.717) is 42.8 Å². The largest absolute Gasteiger partial charge is 0.252 e. The normalized spacial score (nSPS) is 33.0. The van der Waals surface area contributed by atoms with Gasteiger partial charge in [-0.3, -0.25) is 10.5 Å². The van der Waals surface area contributed by atoms with E-state index in [1.807, 2.05) is 0 Å².